The number of rotatable bonds is 7. The number of ether oxygens (including phenoxy) is 2. The van der Waals surface area contributed by atoms with Crippen molar-refractivity contribution in [2.75, 3.05) is 13.9 Å². The first kappa shape index (κ1) is 18.5. The maximum atomic E-state index is 10.8. The molecule has 0 fully saturated rings. The molecule has 4 rings (SSSR count). The van der Waals surface area contributed by atoms with E-state index >= 15 is 0 Å². The second-order valence-corrected chi connectivity index (χ2v) is 6.24. The van der Waals surface area contributed by atoms with Crippen LogP contribution < -0.4 is 4.74 Å². The molecule has 0 saturated heterocycles. The Kier molecular flexibility index (Phi) is 5.12. The van der Waals surface area contributed by atoms with Gasteiger partial charge in [-0.3, -0.25) is 4.79 Å². The summed E-state index contributed by atoms with van der Waals surface area (Å²) in [5.41, 5.74) is 3.30. The van der Waals surface area contributed by atoms with Crippen LogP contribution in [0, 0.1) is 0 Å². The molecule has 4 aromatic rings. The van der Waals surface area contributed by atoms with Crippen molar-refractivity contribution in [3.63, 3.8) is 0 Å². The van der Waals surface area contributed by atoms with Gasteiger partial charge in [-0.05, 0) is 36.4 Å². The average molecular weight is 391 g/mol. The van der Waals surface area contributed by atoms with Gasteiger partial charge in [0, 0.05) is 18.1 Å². The third-order valence-corrected chi connectivity index (χ3v) is 4.20. The molecule has 0 radical (unpaired) electrons. The molecule has 0 aliphatic heterocycles. The molecule has 29 heavy (non-hydrogen) atoms. The number of carboxylic acid groups (broad SMARTS) is 1. The van der Waals surface area contributed by atoms with Crippen molar-refractivity contribution >= 4 is 16.9 Å². The molecule has 1 N–H and O–H groups in total. The molecule has 0 aliphatic rings. The second kappa shape index (κ2) is 8.03. The Morgan fingerprint density at radius 2 is 1.97 bits per heavy atom. The van der Waals surface area contributed by atoms with E-state index < -0.39 is 5.97 Å². The summed E-state index contributed by atoms with van der Waals surface area (Å²) in [6.45, 7) is 0.132. The van der Waals surface area contributed by atoms with Gasteiger partial charge in [0.2, 0.25) is 0 Å². The minimum atomic E-state index is -0.954. The first-order chi connectivity index (χ1) is 14.1. The Balaban J connectivity index is 1.71. The van der Waals surface area contributed by atoms with Gasteiger partial charge >= 0.3 is 5.97 Å². The van der Waals surface area contributed by atoms with Crippen molar-refractivity contribution in [1.29, 1.82) is 0 Å². The SMILES string of the molecule is COCOc1ccccc1-c1cc2cc(-n3cc(CC(=O)O)nn3)ccc2nn1. The number of carbonyl (C=O) groups is 1. The van der Waals surface area contributed by atoms with Crippen LogP contribution in [0.25, 0.3) is 27.8 Å². The predicted octanol–water partition coefficient (Wildman–Crippen LogP) is 2.49. The number of aromatic nitrogens is 5. The summed E-state index contributed by atoms with van der Waals surface area (Å²) < 4.78 is 12.1. The van der Waals surface area contributed by atoms with E-state index in [9.17, 15) is 4.79 Å². The van der Waals surface area contributed by atoms with Crippen LogP contribution in [0.4, 0.5) is 0 Å². The lowest BCUT2D eigenvalue weighted by Gasteiger charge is -2.10. The van der Waals surface area contributed by atoms with Gasteiger partial charge in [0.25, 0.3) is 0 Å². The first-order valence-corrected chi connectivity index (χ1v) is 8.76. The Labute approximate surface area is 165 Å². The Bertz CT molecular complexity index is 1170. The smallest absolute Gasteiger partial charge is 0.309 e. The van der Waals surface area contributed by atoms with E-state index in [0.29, 0.717) is 17.1 Å². The van der Waals surface area contributed by atoms with Gasteiger partial charge in [-0.15, -0.1) is 15.3 Å². The number of aliphatic carboxylic acids is 1. The highest BCUT2D eigenvalue weighted by Gasteiger charge is 2.11. The number of fused-ring (bicyclic) bond motifs is 1. The van der Waals surface area contributed by atoms with Crippen molar-refractivity contribution in [3.05, 3.63) is 60.4 Å². The zero-order valence-corrected chi connectivity index (χ0v) is 15.5. The molecule has 0 atom stereocenters. The van der Waals surface area contributed by atoms with Crippen LogP contribution in [-0.4, -0.2) is 50.2 Å². The first-order valence-electron chi connectivity index (χ1n) is 8.76. The highest BCUT2D eigenvalue weighted by atomic mass is 16.7. The number of benzene rings is 2. The molecule has 0 aliphatic carbocycles. The van der Waals surface area contributed by atoms with Gasteiger partial charge in [0.05, 0.1) is 35.2 Å². The van der Waals surface area contributed by atoms with Gasteiger partial charge in [-0.1, -0.05) is 17.3 Å². The van der Waals surface area contributed by atoms with E-state index in [1.165, 1.54) is 4.68 Å². The molecule has 2 aromatic carbocycles. The highest BCUT2D eigenvalue weighted by molar-refractivity contribution is 5.84. The van der Waals surface area contributed by atoms with Gasteiger partial charge in [0.15, 0.2) is 6.79 Å². The Morgan fingerprint density at radius 3 is 2.79 bits per heavy atom. The normalized spacial score (nSPS) is 10.9. The average Bonchev–Trinajstić information content (AvgIpc) is 3.19. The molecule has 2 aromatic heterocycles. The Hall–Kier alpha value is -3.85. The van der Waals surface area contributed by atoms with E-state index in [4.69, 9.17) is 14.6 Å². The van der Waals surface area contributed by atoms with Crippen LogP contribution in [0.2, 0.25) is 0 Å². The number of methoxy groups -OCH3 is 1. The maximum Gasteiger partial charge on any atom is 0.309 e. The lowest BCUT2D eigenvalue weighted by atomic mass is 10.1. The molecule has 0 amide bonds. The lowest BCUT2D eigenvalue weighted by Crippen LogP contribution is -2.01. The van der Waals surface area contributed by atoms with Crippen LogP contribution in [-0.2, 0) is 16.0 Å². The molecular formula is C20H17N5O4. The predicted molar refractivity (Wildman–Crippen MR) is 104 cm³/mol. The molecule has 2 heterocycles. The second-order valence-electron chi connectivity index (χ2n) is 6.24. The van der Waals surface area contributed by atoms with Crippen molar-refractivity contribution in [3.8, 4) is 22.7 Å². The van der Waals surface area contributed by atoms with E-state index in [-0.39, 0.29) is 13.2 Å². The number of hydrogen-bond donors (Lipinski definition) is 1. The topological polar surface area (TPSA) is 112 Å². The van der Waals surface area contributed by atoms with E-state index in [2.05, 4.69) is 20.5 Å². The van der Waals surface area contributed by atoms with Crippen LogP contribution in [0.15, 0.2) is 54.7 Å². The summed E-state index contributed by atoms with van der Waals surface area (Å²) in [7, 11) is 1.56. The number of nitrogens with zero attached hydrogens (tertiary/aromatic N) is 5. The van der Waals surface area contributed by atoms with Gasteiger partial charge in [-0.2, -0.15) is 0 Å². The summed E-state index contributed by atoms with van der Waals surface area (Å²) in [6, 6.07) is 15.0. The fraction of sp³-hybridized carbons (Fsp3) is 0.150. The van der Waals surface area contributed by atoms with Gasteiger partial charge < -0.3 is 14.6 Å². The third kappa shape index (κ3) is 4.04. The number of hydrogen-bond acceptors (Lipinski definition) is 7. The summed E-state index contributed by atoms with van der Waals surface area (Å²) >= 11 is 0. The summed E-state index contributed by atoms with van der Waals surface area (Å²) in [5.74, 6) is -0.307. The standard InChI is InChI=1S/C20H17N5O4/c1-28-12-29-19-5-3-2-4-16(19)18-9-13-8-15(6-7-17(13)22-23-18)25-11-14(21-24-25)10-20(26)27/h2-9,11H,10,12H2,1H3,(H,26,27). The van der Waals surface area contributed by atoms with Crippen LogP contribution in [0.5, 0.6) is 5.75 Å². The zero-order valence-electron chi connectivity index (χ0n) is 15.5. The molecule has 146 valence electrons. The van der Waals surface area contributed by atoms with Crippen LogP contribution in [0.3, 0.4) is 0 Å². The molecule has 0 bridgehead atoms. The van der Waals surface area contributed by atoms with E-state index in [1.807, 2.05) is 48.5 Å². The maximum absolute atomic E-state index is 10.8. The molecular weight excluding hydrogens is 374 g/mol. The summed E-state index contributed by atoms with van der Waals surface area (Å²) in [5, 5.41) is 26.3. The van der Waals surface area contributed by atoms with Gasteiger partial charge in [0.1, 0.15) is 5.75 Å². The van der Waals surface area contributed by atoms with Crippen molar-refractivity contribution in [2.24, 2.45) is 0 Å². The molecule has 0 saturated carbocycles. The summed E-state index contributed by atoms with van der Waals surface area (Å²) in [6.07, 6.45) is 1.42. The fourth-order valence-corrected chi connectivity index (χ4v) is 2.89. The van der Waals surface area contributed by atoms with E-state index in [1.54, 1.807) is 13.3 Å². The molecule has 0 spiro atoms. The highest BCUT2D eigenvalue weighted by Crippen LogP contribution is 2.30. The minimum Gasteiger partial charge on any atom is -0.481 e. The minimum absolute atomic E-state index is 0.132. The lowest BCUT2D eigenvalue weighted by molar-refractivity contribution is -0.136. The summed E-state index contributed by atoms with van der Waals surface area (Å²) in [4.78, 5) is 10.8. The largest absolute Gasteiger partial charge is 0.481 e. The molecule has 9 heteroatoms. The van der Waals surface area contributed by atoms with Crippen LogP contribution in [0.1, 0.15) is 5.69 Å². The van der Waals surface area contributed by atoms with E-state index in [0.717, 1.165) is 22.2 Å². The quantitative estimate of drug-likeness (QED) is 0.478. The fourth-order valence-electron chi connectivity index (χ4n) is 2.89. The monoisotopic (exact) mass is 391 g/mol. The third-order valence-electron chi connectivity index (χ3n) is 4.20. The Morgan fingerprint density at radius 1 is 1.10 bits per heavy atom. The number of para-hydroxylation sites is 1. The molecule has 0 unspecified atom stereocenters. The van der Waals surface area contributed by atoms with Crippen LogP contribution >= 0.6 is 0 Å². The van der Waals surface area contributed by atoms with Crippen molar-refractivity contribution < 1.29 is 19.4 Å². The number of carboxylic acids is 1. The van der Waals surface area contributed by atoms with Crippen molar-refractivity contribution in [1.82, 2.24) is 25.2 Å². The van der Waals surface area contributed by atoms with Crippen molar-refractivity contribution in [2.45, 2.75) is 6.42 Å². The zero-order chi connectivity index (χ0) is 20.2. The molecule has 9 nitrogen and oxygen atoms in total. The van der Waals surface area contributed by atoms with Gasteiger partial charge in [-0.25, -0.2) is 4.68 Å².